The first-order valence-electron chi connectivity index (χ1n) is 12.1. The molecule has 1 fully saturated rings. The Morgan fingerprint density at radius 1 is 0.912 bits per heavy atom. The molecule has 2 aromatic heterocycles. The minimum absolute atomic E-state index is 0.143. The van der Waals surface area contributed by atoms with E-state index in [0.29, 0.717) is 0 Å². The number of amides is 1. The van der Waals surface area contributed by atoms with Gasteiger partial charge in [0.05, 0.1) is 11.4 Å². The van der Waals surface area contributed by atoms with Crippen molar-refractivity contribution in [3.63, 3.8) is 0 Å². The lowest BCUT2D eigenvalue weighted by molar-refractivity contribution is 0.0929. The van der Waals surface area contributed by atoms with E-state index in [1.807, 2.05) is 55.5 Å². The van der Waals surface area contributed by atoms with Gasteiger partial charge in [-0.3, -0.25) is 9.36 Å². The highest BCUT2D eigenvalue weighted by molar-refractivity contribution is 5.98. The van der Waals surface area contributed by atoms with Gasteiger partial charge in [-0.2, -0.15) is 0 Å². The minimum Gasteiger partial charge on any atom is -0.356 e. The van der Waals surface area contributed by atoms with E-state index in [9.17, 15) is 4.79 Å². The van der Waals surface area contributed by atoms with Crippen LogP contribution in [0.25, 0.3) is 16.7 Å². The van der Waals surface area contributed by atoms with E-state index < -0.39 is 0 Å². The molecule has 1 aliphatic rings. The van der Waals surface area contributed by atoms with Crippen LogP contribution in [-0.2, 0) is 0 Å². The molecule has 6 heteroatoms. The van der Waals surface area contributed by atoms with Crippen LogP contribution < -0.4 is 10.2 Å². The van der Waals surface area contributed by atoms with Gasteiger partial charge in [0.15, 0.2) is 5.65 Å². The number of anilines is 1. The van der Waals surface area contributed by atoms with Crippen molar-refractivity contribution < 1.29 is 4.79 Å². The summed E-state index contributed by atoms with van der Waals surface area (Å²) < 4.78 is 2.15. The maximum Gasteiger partial charge on any atom is 0.289 e. The monoisotopic (exact) mass is 453 g/mol. The normalized spacial score (nSPS) is 14.9. The Hall–Kier alpha value is -3.67. The maximum atomic E-state index is 13.4. The number of hydrogen-bond donors (Lipinski definition) is 1. The topological polar surface area (TPSA) is 63.1 Å². The molecule has 34 heavy (non-hydrogen) atoms. The molecule has 5 rings (SSSR count). The van der Waals surface area contributed by atoms with Gasteiger partial charge in [0.1, 0.15) is 5.82 Å². The number of benzene rings is 2. The molecule has 1 N–H and O–H groups in total. The van der Waals surface area contributed by atoms with Crippen molar-refractivity contribution in [2.24, 2.45) is 0 Å². The third kappa shape index (κ3) is 4.04. The van der Waals surface area contributed by atoms with Crippen molar-refractivity contribution in [1.29, 1.82) is 0 Å². The highest BCUT2D eigenvalue weighted by Gasteiger charge is 2.26. The molecule has 0 aliphatic carbocycles. The number of para-hydroxylation sites is 1. The van der Waals surface area contributed by atoms with Crippen molar-refractivity contribution in [1.82, 2.24) is 19.9 Å². The van der Waals surface area contributed by atoms with Crippen molar-refractivity contribution in [2.75, 3.05) is 18.0 Å². The fourth-order valence-corrected chi connectivity index (χ4v) is 4.86. The van der Waals surface area contributed by atoms with Gasteiger partial charge in [0, 0.05) is 24.5 Å². The van der Waals surface area contributed by atoms with E-state index in [2.05, 4.69) is 40.8 Å². The number of aryl methyl sites for hydroxylation is 1. The first kappa shape index (κ1) is 22.1. The van der Waals surface area contributed by atoms with E-state index in [4.69, 9.17) is 9.97 Å². The molecule has 1 aliphatic heterocycles. The average molecular weight is 454 g/mol. The van der Waals surface area contributed by atoms with E-state index in [1.54, 1.807) is 0 Å². The number of aromatic nitrogens is 3. The fraction of sp³-hybridized carbons (Fsp3) is 0.321. The molecule has 6 nitrogen and oxygen atoms in total. The first-order chi connectivity index (χ1) is 16.5. The number of nitrogens with zero attached hydrogens (tertiary/aromatic N) is 4. The molecule has 1 amide bonds. The highest BCUT2D eigenvalue weighted by Crippen LogP contribution is 2.34. The summed E-state index contributed by atoms with van der Waals surface area (Å²) in [5.74, 6) is 0.829. The Kier molecular flexibility index (Phi) is 6.05. The molecule has 0 saturated carbocycles. The van der Waals surface area contributed by atoms with E-state index in [-0.39, 0.29) is 17.8 Å². The number of piperidine rings is 1. The summed E-state index contributed by atoms with van der Waals surface area (Å²) in [6.45, 7) is 8.12. The standard InChI is InChI=1S/C28H31N5O/c1-19-21(3)33(23-15-9-5-10-16-23)27-24(19)26(32-17-11-6-12-18-32)30-25(31-27)28(34)29-20(2)22-13-7-4-8-14-22/h4-5,7-10,13-16,20H,6,11-12,17-18H2,1-3H3,(H,29,34)/t20-/m0/s1. The predicted octanol–water partition coefficient (Wildman–Crippen LogP) is 5.52. The number of carbonyl (C=O) groups is 1. The number of carbonyl (C=O) groups excluding carboxylic acids is 1. The van der Waals surface area contributed by atoms with Crippen LogP contribution in [0.5, 0.6) is 0 Å². The Morgan fingerprint density at radius 2 is 1.56 bits per heavy atom. The van der Waals surface area contributed by atoms with Crippen molar-refractivity contribution in [3.05, 3.63) is 83.3 Å². The Balaban J connectivity index is 1.64. The number of hydrogen-bond acceptors (Lipinski definition) is 4. The maximum absolute atomic E-state index is 13.4. The second kappa shape index (κ2) is 9.29. The second-order valence-electron chi connectivity index (χ2n) is 9.10. The van der Waals surface area contributed by atoms with Gasteiger partial charge in [-0.25, -0.2) is 9.97 Å². The average Bonchev–Trinajstić information content (AvgIpc) is 3.14. The fourth-order valence-electron chi connectivity index (χ4n) is 4.86. The lowest BCUT2D eigenvalue weighted by Gasteiger charge is -2.28. The van der Waals surface area contributed by atoms with Gasteiger partial charge in [-0.15, -0.1) is 0 Å². The largest absolute Gasteiger partial charge is 0.356 e. The summed E-state index contributed by atoms with van der Waals surface area (Å²) in [5.41, 5.74) is 5.14. The predicted molar refractivity (Wildman–Crippen MR) is 137 cm³/mol. The van der Waals surface area contributed by atoms with Crippen molar-refractivity contribution >= 4 is 22.8 Å². The third-order valence-corrected chi connectivity index (χ3v) is 6.86. The van der Waals surface area contributed by atoms with Crippen molar-refractivity contribution in [3.8, 4) is 5.69 Å². The van der Waals surface area contributed by atoms with Gasteiger partial charge in [-0.05, 0) is 63.3 Å². The minimum atomic E-state index is -0.257. The summed E-state index contributed by atoms with van der Waals surface area (Å²) in [6.07, 6.45) is 3.50. The van der Waals surface area contributed by atoms with Crippen LogP contribution >= 0.6 is 0 Å². The Morgan fingerprint density at radius 3 is 2.24 bits per heavy atom. The second-order valence-corrected chi connectivity index (χ2v) is 9.10. The number of rotatable bonds is 5. The van der Waals surface area contributed by atoms with Gasteiger partial charge >= 0.3 is 0 Å². The van der Waals surface area contributed by atoms with Gasteiger partial charge in [0.25, 0.3) is 5.91 Å². The Bertz CT molecular complexity index is 1310. The van der Waals surface area contributed by atoms with Gasteiger partial charge in [0.2, 0.25) is 5.82 Å². The van der Waals surface area contributed by atoms with Crippen LogP contribution in [0.2, 0.25) is 0 Å². The Labute approximate surface area is 200 Å². The third-order valence-electron chi connectivity index (χ3n) is 6.86. The van der Waals surface area contributed by atoms with Crippen LogP contribution in [0.3, 0.4) is 0 Å². The van der Waals surface area contributed by atoms with E-state index >= 15 is 0 Å². The molecular formula is C28H31N5O. The van der Waals surface area contributed by atoms with Crippen LogP contribution in [0.4, 0.5) is 5.82 Å². The summed E-state index contributed by atoms with van der Waals surface area (Å²) in [6, 6.07) is 20.0. The van der Waals surface area contributed by atoms with Crippen LogP contribution in [0.1, 0.15) is 59.7 Å². The van der Waals surface area contributed by atoms with E-state index in [1.165, 1.54) is 6.42 Å². The summed E-state index contributed by atoms with van der Waals surface area (Å²) in [7, 11) is 0. The molecule has 174 valence electrons. The summed E-state index contributed by atoms with van der Waals surface area (Å²) >= 11 is 0. The zero-order chi connectivity index (χ0) is 23.7. The van der Waals surface area contributed by atoms with Gasteiger partial charge in [-0.1, -0.05) is 48.5 Å². The molecule has 3 heterocycles. The SMILES string of the molecule is Cc1c(C)n(-c2ccccc2)c2nc(C(=O)N[C@@H](C)c3ccccc3)nc(N3CCCCC3)c12. The molecular weight excluding hydrogens is 422 g/mol. The molecule has 0 spiro atoms. The quantitative estimate of drug-likeness (QED) is 0.432. The van der Waals surface area contributed by atoms with Crippen molar-refractivity contribution in [2.45, 2.75) is 46.1 Å². The molecule has 0 unspecified atom stereocenters. The van der Waals surface area contributed by atoms with Crippen LogP contribution in [-0.4, -0.2) is 33.5 Å². The van der Waals surface area contributed by atoms with Crippen LogP contribution in [0, 0.1) is 13.8 Å². The number of fused-ring (bicyclic) bond motifs is 1. The molecule has 4 aromatic rings. The molecule has 0 bridgehead atoms. The molecule has 1 atom stereocenters. The number of nitrogens with one attached hydrogen (secondary N) is 1. The summed E-state index contributed by atoms with van der Waals surface area (Å²) in [4.78, 5) is 25.4. The molecule has 0 radical (unpaired) electrons. The van der Waals surface area contributed by atoms with Gasteiger partial charge < -0.3 is 10.2 Å². The first-order valence-corrected chi connectivity index (χ1v) is 12.1. The molecule has 1 saturated heterocycles. The molecule has 2 aromatic carbocycles. The smallest absolute Gasteiger partial charge is 0.289 e. The van der Waals surface area contributed by atoms with Crippen LogP contribution in [0.15, 0.2) is 60.7 Å². The zero-order valence-corrected chi connectivity index (χ0v) is 20.1. The van der Waals surface area contributed by atoms with E-state index in [0.717, 1.165) is 65.3 Å². The highest BCUT2D eigenvalue weighted by atomic mass is 16.2. The zero-order valence-electron chi connectivity index (χ0n) is 20.1. The summed E-state index contributed by atoms with van der Waals surface area (Å²) in [5, 5.41) is 4.13. The lowest BCUT2D eigenvalue weighted by Crippen LogP contribution is -2.33. The lowest BCUT2D eigenvalue weighted by atomic mass is 10.1.